The maximum absolute atomic E-state index is 12.8. The van der Waals surface area contributed by atoms with Gasteiger partial charge in [-0.1, -0.05) is 19.8 Å². The Morgan fingerprint density at radius 2 is 2.14 bits per heavy atom. The van der Waals surface area contributed by atoms with Crippen LogP contribution < -0.4 is 5.73 Å². The molecule has 2 N–H and O–H groups in total. The molecule has 21 heavy (non-hydrogen) atoms. The van der Waals surface area contributed by atoms with Crippen molar-refractivity contribution < 1.29 is 8.42 Å². The van der Waals surface area contributed by atoms with E-state index < -0.39 is 10.0 Å². The Labute approximate surface area is 132 Å². The molecule has 1 aliphatic rings. The Hall–Kier alpha value is -0.430. The number of rotatable bonds is 5. The van der Waals surface area contributed by atoms with Crippen molar-refractivity contribution in [2.24, 2.45) is 11.7 Å². The highest BCUT2D eigenvalue weighted by Crippen LogP contribution is 2.30. The molecule has 2 heterocycles. The van der Waals surface area contributed by atoms with Crippen molar-refractivity contribution in [2.75, 3.05) is 13.1 Å². The molecule has 0 aliphatic carbocycles. The van der Waals surface area contributed by atoms with Gasteiger partial charge in [0.2, 0.25) is 10.0 Å². The molecule has 2 rings (SSSR count). The highest BCUT2D eigenvalue weighted by Gasteiger charge is 2.29. The Bertz CT molecular complexity index is 566. The summed E-state index contributed by atoms with van der Waals surface area (Å²) in [6, 6.07) is 1.75. The van der Waals surface area contributed by atoms with Gasteiger partial charge in [0, 0.05) is 29.4 Å². The van der Waals surface area contributed by atoms with E-state index in [1.54, 1.807) is 10.4 Å². The van der Waals surface area contributed by atoms with E-state index in [-0.39, 0.29) is 0 Å². The fourth-order valence-corrected chi connectivity index (χ4v) is 6.07. The summed E-state index contributed by atoms with van der Waals surface area (Å²) in [6.07, 6.45) is 5.50. The second kappa shape index (κ2) is 7.22. The van der Waals surface area contributed by atoms with Crippen LogP contribution in [0.1, 0.15) is 48.8 Å². The van der Waals surface area contributed by atoms with Crippen molar-refractivity contribution in [1.82, 2.24) is 4.31 Å². The summed E-state index contributed by atoms with van der Waals surface area (Å²) >= 11 is 1.49. The van der Waals surface area contributed by atoms with E-state index in [0.29, 0.717) is 30.4 Å². The van der Waals surface area contributed by atoms with Crippen LogP contribution in [0.4, 0.5) is 0 Å². The quantitative estimate of drug-likeness (QED) is 0.902. The first-order valence-electron chi connectivity index (χ1n) is 7.78. The molecule has 0 aromatic carbocycles. The van der Waals surface area contributed by atoms with E-state index in [2.05, 4.69) is 6.92 Å². The fraction of sp³-hybridized carbons (Fsp3) is 0.733. The number of hydrogen-bond donors (Lipinski definition) is 1. The molecule has 1 atom stereocenters. The predicted octanol–water partition coefficient (Wildman–Crippen LogP) is 3.11. The highest BCUT2D eigenvalue weighted by atomic mass is 32.2. The minimum atomic E-state index is -3.36. The molecular weight excluding hydrogens is 304 g/mol. The Morgan fingerprint density at radius 1 is 1.38 bits per heavy atom. The molecule has 1 aliphatic heterocycles. The van der Waals surface area contributed by atoms with E-state index in [9.17, 15) is 8.42 Å². The normalized spacial score (nSPS) is 21.4. The minimum absolute atomic E-state index is 0.402. The second-order valence-electron chi connectivity index (χ2n) is 5.83. The summed E-state index contributed by atoms with van der Waals surface area (Å²) in [5.74, 6) is 0.679. The van der Waals surface area contributed by atoms with E-state index in [4.69, 9.17) is 5.73 Å². The van der Waals surface area contributed by atoms with Gasteiger partial charge in [0.15, 0.2) is 0 Å². The summed E-state index contributed by atoms with van der Waals surface area (Å²) in [4.78, 5) is 2.25. The lowest BCUT2D eigenvalue weighted by molar-refractivity contribution is 0.400. The summed E-state index contributed by atoms with van der Waals surface area (Å²) in [6.45, 7) is 5.77. The van der Waals surface area contributed by atoms with Gasteiger partial charge in [-0.3, -0.25) is 0 Å². The minimum Gasteiger partial charge on any atom is -0.326 e. The third-order valence-electron chi connectivity index (χ3n) is 4.25. The van der Waals surface area contributed by atoms with Crippen LogP contribution in [-0.2, 0) is 16.6 Å². The molecule has 0 saturated carbocycles. The monoisotopic (exact) mass is 330 g/mol. The Balaban J connectivity index is 2.17. The molecule has 120 valence electrons. The van der Waals surface area contributed by atoms with Gasteiger partial charge in [-0.05, 0) is 38.2 Å². The van der Waals surface area contributed by atoms with Crippen LogP contribution in [0.15, 0.2) is 11.0 Å². The molecule has 6 heteroatoms. The molecule has 1 saturated heterocycles. The number of hydrogen-bond acceptors (Lipinski definition) is 4. The van der Waals surface area contributed by atoms with Crippen LogP contribution >= 0.6 is 11.3 Å². The molecule has 1 fully saturated rings. The third kappa shape index (κ3) is 3.86. The fourth-order valence-electron chi connectivity index (χ4n) is 3.10. The summed E-state index contributed by atoms with van der Waals surface area (Å²) < 4.78 is 27.4. The molecule has 1 aromatic rings. The SMILES string of the molecule is CCCC1CCCN(S(=O)(=O)c2cc(CN)sc2C)CC1. The molecule has 0 radical (unpaired) electrons. The van der Waals surface area contributed by atoms with Gasteiger partial charge in [0.1, 0.15) is 0 Å². The largest absolute Gasteiger partial charge is 0.326 e. The summed E-state index contributed by atoms with van der Waals surface area (Å²) in [5, 5.41) is 0. The van der Waals surface area contributed by atoms with E-state index in [1.165, 1.54) is 24.2 Å². The van der Waals surface area contributed by atoms with E-state index >= 15 is 0 Å². The zero-order valence-electron chi connectivity index (χ0n) is 13.0. The number of nitrogens with two attached hydrogens (primary N) is 1. The maximum Gasteiger partial charge on any atom is 0.244 e. The molecular formula is C15H26N2O2S2. The van der Waals surface area contributed by atoms with Crippen LogP contribution in [0.5, 0.6) is 0 Å². The second-order valence-corrected chi connectivity index (χ2v) is 9.07. The lowest BCUT2D eigenvalue weighted by Gasteiger charge is -2.20. The maximum atomic E-state index is 12.8. The lowest BCUT2D eigenvalue weighted by atomic mass is 9.96. The van der Waals surface area contributed by atoms with Gasteiger partial charge in [-0.2, -0.15) is 4.31 Å². The van der Waals surface area contributed by atoms with Gasteiger partial charge in [0.05, 0.1) is 4.90 Å². The number of aryl methyl sites for hydroxylation is 1. The first-order valence-corrected chi connectivity index (χ1v) is 10.0. The zero-order chi connectivity index (χ0) is 15.5. The first kappa shape index (κ1) is 16.9. The predicted molar refractivity (Wildman–Crippen MR) is 88.0 cm³/mol. The van der Waals surface area contributed by atoms with Crippen LogP contribution in [0.25, 0.3) is 0 Å². The Morgan fingerprint density at radius 3 is 2.76 bits per heavy atom. The molecule has 0 spiro atoms. The van der Waals surface area contributed by atoms with Crippen molar-refractivity contribution in [2.45, 2.75) is 57.4 Å². The topological polar surface area (TPSA) is 63.4 Å². The van der Waals surface area contributed by atoms with Crippen LogP contribution in [0.2, 0.25) is 0 Å². The smallest absolute Gasteiger partial charge is 0.244 e. The van der Waals surface area contributed by atoms with Crippen molar-refractivity contribution in [3.05, 3.63) is 15.8 Å². The van der Waals surface area contributed by atoms with E-state index in [0.717, 1.165) is 29.0 Å². The van der Waals surface area contributed by atoms with Gasteiger partial charge < -0.3 is 5.73 Å². The average molecular weight is 331 g/mol. The molecule has 0 amide bonds. The lowest BCUT2D eigenvalue weighted by Crippen LogP contribution is -2.32. The van der Waals surface area contributed by atoms with Crippen LogP contribution in [0, 0.1) is 12.8 Å². The van der Waals surface area contributed by atoms with Crippen LogP contribution in [0.3, 0.4) is 0 Å². The summed E-state index contributed by atoms with van der Waals surface area (Å²) in [5.41, 5.74) is 5.63. The van der Waals surface area contributed by atoms with Crippen molar-refractivity contribution in [1.29, 1.82) is 0 Å². The van der Waals surface area contributed by atoms with E-state index in [1.807, 2.05) is 6.92 Å². The number of sulfonamides is 1. The first-order chi connectivity index (χ1) is 9.98. The van der Waals surface area contributed by atoms with Crippen molar-refractivity contribution in [3.8, 4) is 0 Å². The standard InChI is InChI=1S/C15H26N2O2S2/c1-3-5-13-6-4-8-17(9-7-13)21(18,19)15-10-14(11-16)20-12(15)2/h10,13H,3-9,11,16H2,1-2H3. The van der Waals surface area contributed by atoms with Crippen LogP contribution in [-0.4, -0.2) is 25.8 Å². The van der Waals surface area contributed by atoms with Crippen molar-refractivity contribution >= 4 is 21.4 Å². The van der Waals surface area contributed by atoms with Gasteiger partial charge in [0.25, 0.3) is 0 Å². The Kier molecular flexibility index (Phi) is 5.82. The molecule has 4 nitrogen and oxygen atoms in total. The highest BCUT2D eigenvalue weighted by molar-refractivity contribution is 7.89. The van der Waals surface area contributed by atoms with Crippen molar-refractivity contribution in [3.63, 3.8) is 0 Å². The van der Waals surface area contributed by atoms with Gasteiger partial charge >= 0.3 is 0 Å². The number of nitrogens with zero attached hydrogens (tertiary/aromatic N) is 1. The van der Waals surface area contributed by atoms with Gasteiger partial charge in [-0.25, -0.2) is 8.42 Å². The summed E-state index contributed by atoms with van der Waals surface area (Å²) in [7, 11) is -3.36. The molecule has 1 unspecified atom stereocenters. The molecule has 0 bridgehead atoms. The van der Waals surface area contributed by atoms with Gasteiger partial charge in [-0.15, -0.1) is 11.3 Å². The average Bonchev–Trinajstić information content (AvgIpc) is 2.68. The molecule has 1 aromatic heterocycles. The zero-order valence-corrected chi connectivity index (χ0v) is 14.6. The number of thiophene rings is 1. The third-order valence-corrected chi connectivity index (χ3v) is 7.47.